The Kier molecular flexibility index (Phi) is 5.24. The quantitative estimate of drug-likeness (QED) is 0.371. The van der Waals surface area contributed by atoms with E-state index in [0.29, 0.717) is 22.1 Å². The van der Waals surface area contributed by atoms with Gasteiger partial charge in [0.2, 0.25) is 11.2 Å². The summed E-state index contributed by atoms with van der Waals surface area (Å²) in [5, 5.41) is 0.380. The third-order valence-electron chi connectivity index (χ3n) is 5.22. The summed E-state index contributed by atoms with van der Waals surface area (Å²) in [6.07, 6.45) is 0. The maximum absolute atomic E-state index is 13.3. The van der Waals surface area contributed by atoms with Crippen LogP contribution in [0.5, 0.6) is 5.75 Å². The molecule has 4 nitrogen and oxygen atoms in total. The molecule has 0 saturated carbocycles. The second-order valence-corrected chi connectivity index (χ2v) is 8.67. The molecule has 1 heterocycles. The number of carbonyl (C=O) groups is 1. The van der Waals surface area contributed by atoms with Crippen LogP contribution in [-0.2, 0) is 5.41 Å². The summed E-state index contributed by atoms with van der Waals surface area (Å²) in [7, 11) is 0. The van der Waals surface area contributed by atoms with Crippen LogP contribution in [0.4, 0.5) is 0 Å². The van der Waals surface area contributed by atoms with Gasteiger partial charge in [0.15, 0.2) is 5.76 Å². The first-order valence-corrected chi connectivity index (χ1v) is 10.2. The van der Waals surface area contributed by atoms with Gasteiger partial charge in [-0.2, -0.15) is 0 Å². The average Bonchev–Trinajstić information content (AvgIpc) is 2.76. The Morgan fingerprint density at radius 3 is 2.23 bits per heavy atom. The van der Waals surface area contributed by atoms with E-state index in [0.717, 1.165) is 11.1 Å². The molecule has 0 spiro atoms. The van der Waals surface area contributed by atoms with E-state index < -0.39 is 5.97 Å². The van der Waals surface area contributed by atoms with Gasteiger partial charge in [-0.3, -0.25) is 4.79 Å². The lowest BCUT2D eigenvalue weighted by atomic mass is 9.86. The van der Waals surface area contributed by atoms with Gasteiger partial charge in [-0.1, -0.05) is 74.9 Å². The van der Waals surface area contributed by atoms with Gasteiger partial charge >= 0.3 is 5.97 Å². The molecule has 4 aromatic rings. The molecule has 0 radical (unpaired) electrons. The van der Waals surface area contributed by atoms with Crippen LogP contribution in [0.25, 0.3) is 22.3 Å². The molecule has 0 bridgehead atoms. The summed E-state index contributed by atoms with van der Waals surface area (Å²) < 4.78 is 11.7. The van der Waals surface area contributed by atoms with Crippen molar-refractivity contribution in [2.75, 3.05) is 0 Å². The molecular weight excluding hydrogens is 388 g/mol. The van der Waals surface area contributed by atoms with Gasteiger partial charge in [0.05, 0.1) is 10.9 Å². The molecular formula is C27H24O4. The number of benzene rings is 3. The Morgan fingerprint density at radius 2 is 1.58 bits per heavy atom. The van der Waals surface area contributed by atoms with Crippen molar-refractivity contribution in [2.45, 2.75) is 33.1 Å². The van der Waals surface area contributed by atoms with Crippen molar-refractivity contribution < 1.29 is 13.9 Å². The Bertz CT molecular complexity index is 1310. The van der Waals surface area contributed by atoms with E-state index in [2.05, 4.69) is 20.8 Å². The van der Waals surface area contributed by atoms with E-state index in [9.17, 15) is 9.59 Å². The minimum atomic E-state index is -0.604. The van der Waals surface area contributed by atoms with Gasteiger partial charge < -0.3 is 9.15 Å². The predicted octanol–water partition coefficient (Wildman–Crippen LogP) is 6.29. The van der Waals surface area contributed by atoms with E-state index in [4.69, 9.17) is 9.15 Å². The fourth-order valence-corrected chi connectivity index (χ4v) is 3.42. The molecule has 31 heavy (non-hydrogen) atoms. The van der Waals surface area contributed by atoms with E-state index in [-0.39, 0.29) is 22.4 Å². The van der Waals surface area contributed by atoms with E-state index >= 15 is 0 Å². The first kappa shape index (κ1) is 20.6. The van der Waals surface area contributed by atoms with Crippen LogP contribution in [-0.4, -0.2) is 5.97 Å². The Balaban J connectivity index is 1.89. The normalized spacial score (nSPS) is 11.5. The highest BCUT2D eigenvalue weighted by molar-refractivity contribution is 5.93. The zero-order valence-corrected chi connectivity index (χ0v) is 18.1. The molecule has 0 aliphatic heterocycles. The average molecular weight is 412 g/mol. The van der Waals surface area contributed by atoms with Gasteiger partial charge in [-0.15, -0.1) is 0 Å². The van der Waals surface area contributed by atoms with E-state index in [1.807, 2.05) is 43.3 Å². The van der Waals surface area contributed by atoms with Gasteiger partial charge in [-0.25, -0.2) is 4.79 Å². The number of aryl methyl sites for hydroxylation is 1. The summed E-state index contributed by atoms with van der Waals surface area (Å²) in [5.41, 5.74) is 3.17. The maximum Gasteiger partial charge on any atom is 0.343 e. The number of fused-ring (bicyclic) bond motifs is 1. The van der Waals surface area contributed by atoms with Gasteiger partial charge in [0, 0.05) is 5.56 Å². The SMILES string of the molecule is Cc1ccc2oc(-c3ccc(C(C)(C)C)cc3)c(OC(=O)c3ccccc3)c(=O)c2c1. The molecule has 156 valence electrons. The second-order valence-electron chi connectivity index (χ2n) is 8.67. The molecule has 0 aliphatic rings. The lowest BCUT2D eigenvalue weighted by Gasteiger charge is -2.19. The first-order chi connectivity index (χ1) is 14.7. The highest BCUT2D eigenvalue weighted by atomic mass is 16.5. The smallest absolute Gasteiger partial charge is 0.343 e. The van der Waals surface area contributed by atoms with Crippen molar-refractivity contribution in [3.8, 4) is 17.1 Å². The van der Waals surface area contributed by atoms with Crippen LogP contribution in [0.2, 0.25) is 0 Å². The van der Waals surface area contributed by atoms with Crippen molar-refractivity contribution in [3.05, 3.63) is 99.7 Å². The number of rotatable bonds is 3. The standard InChI is InChI=1S/C27H24O4/c1-17-10-15-22-21(16-17)23(28)25(31-26(29)19-8-6-5-7-9-19)24(30-22)18-11-13-20(14-12-18)27(2,3)4/h5-16H,1-4H3. The molecule has 1 aromatic heterocycles. The first-order valence-electron chi connectivity index (χ1n) is 10.2. The van der Waals surface area contributed by atoms with Crippen molar-refractivity contribution >= 4 is 16.9 Å². The summed E-state index contributed by atoms with van der Waals surface area (Å²) in [5.74, 6) is -0.464. The van der Waals surface area contributed by atoms with Crippen LogP contribution in [0.1, 0.15) is 42.3 Å². The van der Waals surface area contributed by atoms with Crippen molar-refractivity contribution in [3.63, 3.8) is 0 Å². The minimum Gasteiger partial charge on any atom is -0.452 e. The van der Waals surface area contributed by atoms with Crippen molar-refractivity contribution in [1.29, 1.82) is 0 Å². The second kappa shape index (κ2) is 7.88. The Hall–Kier alpha value is -3.66. The highest BCUT2D eigenvalue weighted by Gasteiger charge is 2.22. The molecule has 0 N–H and O–H groups in total. The fourth-order valence-electron chi connectivity index (χ4n) is 3.42. The zero-order valence-electron chi connectivity index (χ0n) is 18.1. The fraction of sp³-hybridized carbons (Fsp3) is 0.185. The number of esters is 1. The molecule has 0 amide bonds. The number of hydrogen-bond donors (Lipinski definition) is 0. The largest absolute Gasteiger partial charge is 0.452 e. The Labute approximate surface area is 181 Å². The third kappa shape index (κ3) is 4.15. The molecule has 0 aliphatic carbocycles. The van der Waals surface area contributed by atoms with Crippen LogP contribution in [0, 0.1) is 6.92 Å². The van der Waals surface area contributed by atoms with Gasteiger partial charge in [-0.05, 0) is 42.2 Å². The summed E-state index contributed by atoms with van der Waals surface area (Å²) >= 11 is 0. The zero-order chi connectivity index (χ0) is 22.2. The Morgan fingerprint density at radius 1 is 0.903 bits per heavy atom. The number of hydrogen-bond acceptors (Lipinski definition) is 4. The lowest BCUT2D eigenvalue weighted by molar-refractivity contribution is 0.0731. The van der Waals surface area contributed by atoms with Crippen LogP contribution < -0.4 is 10.2 Å². The minimum absolute atomic E-state index is 0.0110. The topological polar surface area (TPSA) is 56.5 Å². The van der Waals surface area contributed by atoms with E-state index in [1.165, 1.54) is 0 Å². The van der Waals surface area contributed by atoms with Crippen molar-refractivity contribution in [1.82, 2.24) is 0 Å². The van der Waals surface area contributed by atoms with Crippen LogP contribution >= 0.6 is 0 Å². The summed E-state index contributed by atoms with van der Waals surface area (Å²) in [6.45, 7) is 8.29. The van der Waals surface area contributed by atoms with Crippen LogP contribution in [0.3, 0.4) is 0 Å². The van der Waals surface area contributed by atoms with Crippen LogP contribution in [0.15, 0.2) is 82.0 Å². The third-order valence-corrected chi connectivity index (χ3v) is 5.22. The summed E-state index contributed by atoms with van der Waals surface area (Å²) in [4.78, 5) is 26.1. The molecule has 0 atom stereocenters. The van der Waals surface area contributed by atoms with E-state index in [1.54, 1.807) is 36.4 Å². The number of carbonyl (C=O) groups excluding carboxylic acids is 1. The van der Waals surface area contributed by atoms with Gasteiger partial charge in [0.1, 0.15) is 5.58 Å². The lowest BCUT2D eigenvalue weighted by Crippen LogP contribution is -2.16. The molecule has 0 fully saturated rings. The molecule has 4 heteroatoms. The predicted molar refractivity (Wildman–Crippen MR) is 123 cm³/mol. The molecule has 0 unspecified atom stereocenters. The molecule has 3 aromatic carbocycles. The molecule has 0 saturated heterocycles. The highest BCUT2D eigenvalue weighted by Crippen LogP contribution is 2.33. The number of ether oxygens (including phenoxy) is 1. The van der Waals surface area contributed by atoms with Crippen molar-refractivity contribution in [2.24, 2.45) is 0 Å². The maximum atomic E-state index is 13.3. The molecule has 4 rings (SSSR count). The summed E-state index contributed by atoms with van der Waals surface area (Å²) in [6, 6.07) is 21.8. The van der Waals surface area contributed by atoms with Gasteiger partial charge in [0.25, 0.3) is 0 Å². The monoisotopic (exact) mass is 412 g/mol.